The lowest BCUT2D eigenvalue weighted by Gasteiger charge is -2.29. The molecule has 1 saturated heterocycles. The average molecular weight is 428 g/mol. The van der Waals surface area contributed by atoms with Crippen molar-refractivity contribution in [3.63, 3.8) is 0 Å². The van der Waals surface area contributed by atoms with E-state index in [-0.39, 0.29) is 22.0 Å². The van der Waals surface area contributed by atoms with Crippen LogP contribution in [-0.4, -0.2) is 50.3 Å². The number of hydrogen-bond donors (Lipinski definition) is 1. The fraction of sp³-hybridized carbons (Fsp3) is 0.278. The molecule has 1 fully saturated rings. The van der Waals surface area contributed by atoms with Crippen molar-refractivity contribution in [3.05, 3.63) is 51.5 Å². The van der Waals surface area contributed by atoms with Crippen molar-refractivity contribution in [3.8, 4) is 0 Å². The predicted molar refractivity (Wildman–Crippen MR) is 103 cm³/mol. The quantitative estimate of drug-likeness (QED) is 0.594. The maximum atomic E-state index is 13.7. The Morgan fingerprint density at radius 3 is 2.57 bits per heavy atom. The Bertz CT molecular complexity index is 920. The third-order valence-corrected chi connectivity index (χ3v) is 4.72. The van der Waals surface area contributed by atoms with Crippen LogP contribution < -0.4 is 10.2 Å². The van der Waals surface area contributed by atoms with Gasteiger partial charge in [-0.2, -0.15) is 0 Å². The van der Waals surface area contributed by atoms with Gasteiger partial charge in [0.15, 0.2) is 11.0 Å². The number of rotatable bonds is 4. The molecule has 7 nitrogen and oxygen atoms in total. The fourth-order valence-electron chi connectivity index (χ4n) is 2.73. The van der Waals surface area contributed by atoms with E-state index in [0.717, 1.165) is 11.8 Å². The average Bonchev–Trinajstić information content (AvgIpc) is 2.71. The molecule has 0 unspecified atom stereocenters. The van der Waals surface area contributed by atoms with E-state index in [9.17, 15) is 14.0 Å². The van der Waals surface area contributed by atoms with Crippen LogP contribution in [0.15, 0.2) is 24.3 Å². The van der Waals surface area contributed by atoms with Gasteiger partial charge in [0.25, 0.3) is 5.91 Å². The second-order valence-electron chi connectivity index (χ2n) is 5.87. The van der Waals surface area contributed by atoms with Gasteiger partial charge in [0, 0.05) is 18.8 Å². The lowest BCUT2D eigenvalue weighted by atomic mass is 10.1. The Kier molecular flexibility index (Phi) is 6.33. The summed E-state index contributed by atoms with van der Waals surface area (Å²) in [6.45, 7) is 2.52. The van der Waals surface area contributed by atoms with Crippen molar-refractivity contribution in [1.82, 2.24) is 4.98 Å². The van der Waals surface area contributed by atoms with Crippen molar-refractivity contribution in [1.29, 1.82) is 0 Å². The van der Waals surface area contributed by atoms with Gasteiger partial charge in [-0.1, -0.05) is 23.2 Å². The Hall–Kier alpha value is -2.42. The minimum Gasteiger partial charge on any atom is -0.465 e. The van der Waals surface area contributed by atoms with Crippen molar-refractivity contribution in [2.45, 2.75) is 0 Å². The molecule has 1 N–H and O–H groups in total. The molecule has 2 aromatic rings. The zero-order valence-corrected chi connectivity index (χ0v) is 16.3. The summed E-state index contributed by atoms with van der Waals surface area (Å²) in [7, 11) is 1.24. The molecule has 28 heavy (non-hydrogen) atoms. The van der Waals surface area contributed by atoms with E-state index in [1.807, 2.05) is 0 Å². The number of benzene rings is 1. The summed E-state index contributed by atoms with van der Waals surface area (Å²) >= 11 is 11.4. The number of morpholine rings is 1. The molecular weight excluding hydrogens is 412 g/mol. The summed E-state index contributed by atoms with van der Waals surface area (Å²) in [6, 6.07) is 5.83. The number of carbonyl (C=O) groups excluding carboxylic acids is 2. The number of anilines is 2. The van der Waals surface area contributed by atoms with Gasteiger partial charge < -0.3 is 19.7 Å². The van der Waals surface area contributed by atoms with E-state index in [2.05, 4.69) is 15.2 Å². The maximum absolute atomic E-state index is 13.7. The first-order valence-electron chi connectivity index (χ1n) is 8.28. The van der Waals surface area contributed by atoms with Crippen molar-refractivity contribution >= 4 is 46.5 Å². The fourth-order valence-corrected chi connectivity index (χ4v) is 3.14. The van der Waals surface area contributed by atoms with Gasteiger partial charge in [-0.3, -0.25) is 4.79 Å². The molecule has 1 aliphatic heterocycles. The Labute approximate surface area is 170 Å². The van der Waals surface area contributed by atoms with E-state index >= 15 is 0 Å². The highest BCUT2D eigenvalue weighted by Crippen LogP contribution is 2.27. The van der Waals surface area contributed by atoms with Crippen LogP contribution in [0.1, 0.15) is 20.7 Å². The minimum absolute atomic E-state index is 0.151. The summed E-state index contributed by atoms with van der Waals surface area (Å²) in [6.07, 6.45) is 0. The molecule has 148 valence electrons. The van der Waals surface area contributed by atoms with Gasteiger partial charge in [-0.25, -0.2) is 14.2 Å². The van der Waals surface area contributed by atoms with Crippen LogP contribution in [0.2, 0.25) is 10.3 Å². The molecule has 1 aromatic heterocycles. The maximum Gasteiger partial charge on any atom is 0.340 e. The molecule has 0 atom stereocenters. The van der Waals surface area contributed by atoms with Crippen molar-refractivity contribution in [2.24, 2.45) is 0 Å². The van der Waals surface area contributed by atoms with Crippen molar-refractivity contribution < 1.29 is 23.5 Å². The van der Waals surface area contributed by atoms with Crippen molar-refractivity contribution in [2.75, 3.05) is 43.6 Å². The summed E-state index contributed by atoms with van der Waals surface area (Å²) in [5, 5.41) is 1.85. The van der Waals surface area contributed by atoms with Gasteiger partial charge in [0.2, 0.25) is 0 Å². The number of halogens is 3. The SMILES string of the molecule is COC(=O)c1cc(N2CCOCC2)ccc1NC(=O)c1cc(F)c(Cl)nc1Cl. The van der Waals surface area contributed by atoms with Crippen LogP contribution in [-0.2, 0) is 9.47 Å². The topological polar surface area (TPSA) is 80.8 Å². The molecule has 10 heteroatoms. The lowest BCUT2D eigenvalue weighted by Crippen LogP contribution is -2.36. The number of nitrogens with one attached hydrogen (secondary N) is 1. The summed E-state index contributed by atoms with van der Waals surface area (Å²) < 4.78 is 23.8. The molecule has 1 aliphatic rings. The van der Waals surface area contributed by atoms with Crippen LogP contribution in [0, 0.1) is 5.82 Å². The van der Waals surface area contributed by atoms with E-state index in [1.54, 1.807) is 18.2 Å². The Morgan fingerprint density at radius 2 is 1.89 bits per heavy atom. The Morgan fingerprint density at radius 1 is 1.18 bits per heavy atom. The van der Waals surface area contributed by atoms with Gasteiger partial charge in [-0.15, -0.1) is 0 Å². The highest BCUT2D eigenvalue weighted by Gasteiger charge is 2.21. The van der Waals surface area contributed by atoms with E-state index in [0.29, 0.717) is 26.3 Å². The molecular formula is C18H16Cl2FN3O4. The standard InChI is InChI=1S/C18H16Cl2FN3O4/c1-27-18(26)11-8-10(24-4-6-28-7-5-24)2-3-14(11)22-17(25)12-9-13(21)16(20)23-15(12)19/h2-3,8-9H,4-7H2,1H3,(H,22,25). The molecule has 3 rings (SSSR count). The number of ether oxygens (including phenoxy) is 2. The molecule has 0 saturated carbocycles. The zero-order chi connectivity index (χ0) is 20.3. The largest absolute Gasteiger partial charge is 0.465 e. The number of methoxy groups -OCH3 is 1. The third-order valence-electron chi connectivity index (χ3n) is 4.16. The van der Waals surface area contributed by atoms with Gasteiger partial charge >= 0.3 is 5.97 Å². The van der Waals surface area contributed by atoms with E-state index in [4.69, 9.17) is 32.7 Å². The minimum atomic E-state index is -0.882. The molecule has 0 bridgehead atoms. The number of hydrogen-bond acceptors (Lipinski definition) is 6. The smallest absolute Gasteiger partial charge is 0.340 e. The number of carbonyl (C=O) groups is 2. The first-order chi connectivity index (χ1) is 13.4. The second-order valence-corrected chi connectivity index (χ2v) is 6.59. The van der Waals surface area contributed by atoms with Gasteiger partial charge in [0.05, 0.1) is 37.1 Å². The van der Waals surface area contributed by atoms with Crippen LogP contribution in [0.25, 0.3) is 0 Å². The van der Waals surface area contributed by atoms with Crippen LogP contribution in [0.4, 0.5) is 15.8 Å². The lowest BCUT2D eigenvalue weighted by molar-refractivity contribution is 0.0602. The molecule has 1 aromatic carbocycles. The first-order valence-corrected chi connectivity index (χ1v) is 9.04. The number of aromatic nitrogens is 1. The summed E-state index contributed by atoms with van der Waals surface area (Å²) in [5.74, 6) is -2.25. The molecule has 0 aliphatic carbocycles. The van der Waals surface area contributed by atoms with E-state index in [1.165, 1.54) is 7.11 Å². The number of amides is 1. The molecule has 2 heterocycles. The number of pyridine rings is 1. The normalized spacial score (nSPS) is 13.9. The third kappa shape index (κ3) is 4.35. The molecule has 0 radical (unpaired) electrons. The summed E-state index contributed by atoms with van der Waals surface area (Å²) in [4.78, 5) is 30.4. The van der Waals surface area contributed by atoms with E-state index < -0.39 is 22.8 Å². The van der Waals surface area contributed by atoms with Crippen LogP contribution >= 0.6 is 23.2 Å². The van der Waals surface area contributed by atoms with Gasteiger partial charge in [0.1, 0.15) is 5.15 Å². The van der Waals surface area contributed by atoms with Gasteiger partial charge in [-0.05, 0) is 24.3 Å². The summed E-state index contributed by atoms with van der Waals surface area (Å²) in [5.41, 5.74) is 0.925. The first kappa shape index (κ1) is 20.3. The number of nitrogens with zero attached hydrogens (tertiary/aromatic N) is 2. The highest BCUT2D eigenvalue weighted by molar-refractivity contribution is 6.35. The van der Waals surface area contributed by atoms with Crippen LogP contribution in [0.5, 0.6) is 0 Å². The highest BCUT2D eigenvalue weighted by atomic mass is 35.5. The number of esters is 1. The Balaban J connectivity index is 1.91. The monoisotopic (exact) mass is 427 g/mol. The predicted octanol–water partition coefficient (Wildman–Crippen LogP) is 3.40. The molecule has 0 spiro atoms. The molecule has 1 amide bonds. The second kappa shape index (κ2) is 8.72. The zero-order valence-electron chi connectivity index (χ0n) is 14.8. The van der Waals surface area contributed by atoms with Crippen LogP contribution in [0.3, 0.4) is 0 Å².